The number of rotatable bonds is 3. The molecule has 0 saturated carbocycles. The fraction of sp³-hybridized carbons (Fsp3) is 0.0667. The number of benzene rings is 2. The number of nitrogens with two attached hydrogens (primary N) is 1. The molecule has 0 saturated heterocycles. The van der Waals surface area contributed by atoms with Crippen molar-refractivity contribution < 1.29 is 8.91 Å². The van der Waals surface area contributed by atoms with Gasteiger partial charge in [-0.2, -0.15) is 4.98 Å². The highest BCUT2D eigenvalue weighted by Crippen LogP contribution is 2.25. The largest absolute Gasteiger partial charge is 0.334 e. The molecule has 0 aliphatic heterocycles. The molecule has 4 nitrogen and oxygen atoms in total. The second kappa shape index (κ2) is 5.63. The average molecular weight is 304 g/mol. The van der Waals surface area contributed by atoms with Crippen LogP contribution in [-0.4, -0.2) is 10.1 Å². The molecule has 21 heavy (non-hydrogen) atoms. The first-order valence-electron chi connectivity index (χ1n) is 6.26. The molecule has 0 unspecified atom stereocenters. The van der Waals surface area contributed by atoms with Crippen LogP contribution in [0.3, 0.4) is 0 Å². The highest BCUT2D eigenvalue weighted by molar-refractivity contribution is 6.31. The Morgan fingerprint density at radius 1 is 1.10 bits per heavy atom. The van der Waals surface area contributed by atoms with E-state index in [1.54, 1.807) is 6.07 Å². The lowest BCUT2D eigenvalue weighted by atomic mass is 10.1. The molecule has 0 atom stereocenters. The van der Waals surface area contributed by atoms with E-state index in [-0.39, 0.29) is 5.02 Å². The van der Waals surface area contributed by atoms with Crippen LogP contribution in [-0.2, 0) is 6.54 Å². The molecule has 6 heteroatoms. The Morgan fingerprint density at radius 2 is 1.81 bits per heavy atom. The maximum atomic E-state index is 13.1. The summed E-state index contributed by atoms with van der Waals surface area (Å²) in [6.07, 6.45) is 0. The van der Waals surface area contributed by atoms with Crippen LogP contribution in [0.5, 0.6) is 0 Å². The van der Waals surface area contributed by atoms with E-state index in [2.05, 4.69) is 10.1 Å². The van der Waals surface area contributed by atoms with E-state index >= 15 is 0 Å². The molecule has 0 aliphatic carbocycles. The molecule has 3 aromatic rings. The Hall–Kier alpha value is -2.24. The van der Waals surface area contributed by atoms with Gasteiger partial charge < -0.3 is 10.3 Å². The normalized spacial score (nSPS) is 10.8. The summed E-state index contributed by atoms with van der Waals surface area (Å²) in [5.41, 5.74) is 7.95. The highest BCUT2D eigenvalue weighted by atomic mass is 35.5. The molecule has 2 aromatic carbocycles. The van der Waals surface area contributed by atoms with E-state index in [4.69, 9.17) is 21.9 Å². The Balaban J connectivity index is 1.93. The first-order chi connectivity index (χ1) is 10.2. The van der Waals surface area contributed by atoms with Crippen LogP contribution in [0.4, 0.5) is 4.39 Å². The molecular weight excluding hydrogens is 293 g/mol. The van der Waals surface area contributed by atoms with Gasteiger partial charge in [-0.15, -0.1) is 0 Å². The van der Waals surface area contributed by atoms with Crippen molar-refractivity contribution in [1.29, 1.82) is 0 Å². The molecule has 0 bridgehead atoms. The van der Waals surface area contributed by atoms with Crippen LogP contribution in [0, 0.1) is 5.82 Å². The molecule has 1 heterocycles. The molecule has 0 amide bonds. The molecule has 0 spiro atoms. The second-order valence-electron chi connectivity index (χ2n) is 4.45. The smallest absolute Gasteiger partial charge is 0.258 e. The van der Waals surface area contributed by atoms with Crippen molar-refractivity contribution in [3.63, 3.8) is 0 Å². The van der Waals surface area contributed by atoms with E-state index in [1.165, 1.54) is 12.1 Å². The predicted octanol–water partition coefficient (Wildman–Crippen LogP) is 3.65. The van der Waals surface area contributed by atoms with Crippen LogP contribution >= 0.6 is 11.6 Å². The number of hydrogen-bond acceptors (Lipinski definition) is 4. The maximum Gasteiger partial charge on any atom is 0.258 e. The Bertz CT molecular complexity index is 771. The summed E-state index contributed by atoms with van der Waals surface area (Å²) in [6.45, 7) is 0.476. The SMILES string of the molecule is NCc1ccc(-c2nc(-c3ccc(F)c(Cl)c3)no2)cc1. The summed E-state index contributed by atoms with van der Waals surface area (Å²) >= 11 is 5.75. The summed E-state index contributed by atoms with van der Waals surface area (Å²) in [5.74, 6) is 0.255. The van der Waals surface area contributed by atoms with E-state index in [0.717, 1.165) is 11.1 Å². The van der Waals surface area contributed by atoms with Crippen LogP contribution < -0.4 is 5.73 Å². The van der Waals surface area contributed by atoms with E-state index in [1.807, 2.05) is 24.3 Å². The van der Waals surface area contributed by atoms with Gasteiger partial charge in [0.25, 0.3) is 5.89 Å². The van der Waals surface area contributed by atoms with Gasteiger partial charge in [0, 0.05) is 17.7 Å². The van der Waals surface area contributed by atoms with Crippen LogP contribution in [0.25, 0.3) is 22.8 Å². The van der Waals surface area contributed by atoms with Crippen molar-refractivity contribution in [1.82, 2.24) is 10.1 Å². The quantitative estimate of drug-likeness (QED) is 0.802. The van der Waals surface area contributed by atoms with E-state index in [0.29, 0.717) is 23.8 Å². The first-order valence-corrected chi connectivity index (χ1v) is 6.63. The van der Waals surface area contributed by atoms with Gasteiger partial charge in [-0.3, -0.25) is 0 Å². The highest BCUT2D eigenvalue weighted by Gasteiger charge is 2.12. The third-order valence-electron chi connectivity index (χ3n) is 3.04. The maximum absolute atomic E-state index is 13.1. The topological polar surface area (TPSA) is 64.9 Å². The molecule has 106 valence electrons. The summed E-state index contributed by atoms with van der Waals surface area (Å²) < 4.78 is 18.4. The van der Waals surface area contributed by atoms with Gasteiger partial charge in [0.15, 0.2) is 0 Å². The number of aromatic nitrogens is 2. The standard InChI is InChI=1S/C15H11ClFN3O/c16-12-7-11(5-6-13(12)17)14-19-15(21-20-14)10-3-1-9(8-18)2-4-10/h1-7H,8,18H2. The van der Waals surface area contributed by atoms with Gasteiger partial charge in [0.1, 0.15) is 5.82 Å². The fourth-order valence-corrected chi connectivity index (χ4v) is 2.06. The summed E-state index contributed by atoms with van der Waals surface area (Å²) in [5, 5.41) is 3.90. The summed E-state index contributed by atoms with van der Waals surface area (Å²) in [4.78, 5) is 4.29. The van der Waals surface area contributed by atoms with Crippen LogP contribution in [0.2, 0.25) is 5.02 Å². The van der Waals surface area contributed by atoms with Crippen LogP contribution in [0.1, 0.15) is 5.56 Å². The minimum absolute atomic E-state index is 0.0196. The Kier molecular flexibility index (Phi) is 3.68. The Labute approximate surface area is 125 Å². The molecule has 3 rings (SSSR count). The van der Waals surface area contributed by atoms with Crippen molar-refractivity contribution in [3.8, 4) is 22.8 Å². The monoisotopic (exact) mass is 303 g/mol. The zero-order valence-electron chi connectivity index (χ0n) is 10.9. The van der Waals surface area contributed by atoms with Crippen molar-refractivity contribution in [2.75, 3.05) is 0 Å². The number of hydrogen-bond donors (Lipinski definition) is 1. The summed E-state index contributed by atoms with van der Waals surface area (Å²) in [7, 11) is 0. The van der Waals surface area contributed by atoms with E-state index in [9.17, 15) is 4.39 Å². The summed E-state index contributed by atoms with van der Waals surface area (Å²) in [6, 6.07) is 11.8. The van der Waals surface area contributed by atoms with Gasteiger partial charge in [-0.25, -0.2) is 4.39 Å². The van der Waals surface area contributed by atoms with Crippen molar-refractivity contribution >= 4 is 11.6 Å². The zero-order valence-corrected chi connectivity index (χ0v) is 11.6. The average Bonchev–Trinajstić information content (AvgIpc) is 3.00. The van der Waals surface area contributed by atoms with Gasteiger partial charge >= 0.3 is 0 Å². The van der Waals surface area contributed by atoms with E-state index < -0.39 is 5.82 Å². The van der Waals surface area contributed by atoms with Gasteiger partial charge in [0.2, 0.25) is 5.82 Å². The zero-order chi connectivity index (χ0) is 14.8. The van der Waals surface area contributed by atoms with Crippen molar-refractivity contribution in [2.24, 2.45) is 5.73 Å². The minimum Gasteiger partial charge on any atom is -0.334 e. The first kappa shape index (κ1) is 13.7. The third kappa shape index (κ3) is 2.79. The fourth-order valence-electron chi connectivity index (χ4n) is 1.88. The van der Waals surface area contributed by atoms with Crippen molar-refractivity contribution in [2.45, 2.75) is 6.54 Å². The van der Waals surface area contributed by atoms with Crippen molar-refractivity contribution in [3.05, 3.63) is 58.9 Å². The lowest BCUT2D eigenvalue weighted by Crippen LogP contribution is -1.95. The van der Waals surface area contributed by atoms with Gasteiger partial charge in [0.05, 0.1) is 5.02 Å². The molecule has 0 aliphatic rings. The number of nitrogens with zero attached hydrogens (tertiary/aromatic N) is 2. The Morgan fingerprint density at radius 3 is 2.48 bits per heavy atom. The van der Waals surface area contributed by atoms with Gasteiger partial charge in [-0.05, 0) is 35.9 Å². The molecule has 1 aromatic heterocycles. The molecule has 2 N–H and O–H groups in total. The third-order valence-corrected chi connectivity index (χ3v) is 3.33. The predicted molar refractivity (Wildman–Crippen MR) is 78.0 cm³/mol. The van der Waals surface area contributed by atoms with Crippen LogP contribution in [0.15, 0.2) is 47.0 Å². The lowest BCUT2D eigenvalue weighted by molar-refractivity contribution is 0.432. The lowest BCUT2D eigenvalue weighted by Gasteiger charge is -1.97. The molecular formula is C15H11ClFN3O. The minimum atomic E-state index is -0.485. The number of halogens is 2. The molecule has 0 radical (unpaired) electrons. The van der Waals surface area contributed by atoms with Gasteiger partial charge in [-0.1, -0.05) is 28.9 Å². The molecule has 0 fully saturated rings. The second-order valence-corrected chi connectivity index (χ2v) is 4.86.